The van der Waals surface area contributed by atoms with E-state index in [0.717, 1.165) is 22.6 Å². The van der Waals surface area contributed by atoms with Crippen molar-refractivity contribution in [3.63, 3.8) is 0 Å². The van der Waals surface area contributed by atoms with Crippen LogP contribution in [0.5, 0.6) is 11.5 Å². The number of nitrogens with zero attached hydrogens (tertiary/aromatic N) is 3. The Morgan fingerprint density at radius 2 is 1.76 bits per heavy atom. The molecular formula is C23H20N4O2. The molecule has 144 valence electrons. The van der Waals surface area contributed by atoms with Gasteiger partial charge in [0.1, 0.15) is 11.5 Å². The highest BCUT2D eigenvalue weighted by Gasteiger charge is 2.10. The fourth-order valence-corrected chi connectivity index (χ4v) is 2.83. The summed E-state index contributed by atoms with van der Waals surface area (Å²) >= 11 is 0. The van der Waals surface area contributed by atoms with Crippen molar-refractivity contribution >= 4 is 5.95 Å². The molecule has 0 aliphatic heterocycles. The Morgan fingerprint density at radius 3 is 2.59 bits per heavy atom. The number of ether oxygens (including phenoxy) is 1. The van der Waals surface area contributed by atoms with E-state index in [9.17, 15) is 5.11 Å². The van der Waals surface area contributed by atoms with Gasteiger partial charge in [-0.1, -0.05) is 30.3 Å². The van der Waals surface area contributed by atoms with Crippen LogP contribution in [0.4, 0.5) is 5.95 Å². The molecule has 0 fully saturated rings. The van der Waals surface area contributed by atoms with Crippen LogP contribution in [-0.4, -0.2) is 26.6 Å². The van der Waals surface area contributed by atoms with Crippen LogP contribution < -0.4 is 10.1 Å². The third-order valence-electron chi connectivity index (χ3n) is 4.29. The first kappa shape index (κ1) is 18.6. The quantitative estimate of drug-likeness (QED) is 0.489. The van der Waals surface area contributed by atoms with Crippen LogP contribution in [0.2, 0.25) is 0 Å². The molecule has 2 aromatic carbocycles. The summed E-state index contributed by atoms with van der Waals surface area (Å²) in [5, 5.41) is 13.7. The first-order chi connectivity index (χ1) is 14.3. The lowest BCUT2D eigenvalue weighted by atomic mass is 10.1. The number of hydrogen-bond acceptors (Lipinski definition) is 6. The Morgan fingerprint density at radius 1 is 0.897 bits per heavy atom. The van der Waals surface area contributed by atoms with Gasteiger partial charge in [0.25, 0.3) is 0 Å². The third kappa shape index (κ3) is 4.94. The number of anilines is 1. The molecule has 0 radical (unpaired) electrons. The molecule has 1 atom stereocenters. The maximum absolute atomic E-state index is 10.6. The number of benzene rings is 2. The normalized spacial score (nSPS) is 11.6. The Kier molecular flexibility index (Phi) is 5.73. The second-order valence-electron chi connectivity index (χ2n) is 6.39. The number of para-hydroxylation sites is 1. The molecule has 6 heteroatoms. The molecule has 2 aromatic heterocycles. The topological polar surface area (TPSA) is 80.2 Å². The SMILES string of the molecule is O[C@H](CNc1nccc(-c2cccnc2)n1)c1cccc(Oc2ccccc2)c1. The summed E-state index contributed by atoms with van der Waals surface area (Å²) in [7, 11) is 0. The van der Waals surface area contributed by atoms with E-state index in [4.69, 9.17) is 4.74 Å². The molecule has 0 bridgehead atoms. The van der Waals surface area contributed by atoms with E-state index in [-0.39, 0.29) is 6.54 Å². The van der Waals surface area contributed by atoms with E-state index in [1.807, 2.05) is 72.8 Å². The molecule has 2 heterocycles. The molecule has 0 saturated carbocycles. The number of hydrogen-bond donors (Lipinski definition) is 2. The highest BCUT2D eigenvalue weighted by Crippen LogP contribution is 2.25. The molecule has 2 N–H and O–H groups in total. The molecular weight excluding hydrogens is 364 g/mol. The van der Waals surface area contributed by atoms with Gasteiger partial charge in [-0.05, 0) is 48.0 Å². The van der Waals surface area contributed by atoms with Crippen molar-refractivity contribution in [2.45, 2.75) is 6.10 Å². The lowest BCUT2D eigenvalue weighted by Crippen LogP contribution is -2.14. The summed E-state index contributed by atoms with van der Waals surface area (Å²) in [5.74, 6) is 1.86. The fraction of sp³-hybridized carbons (Fsp3) is 0.0870. The van der Waals surface area contributed by atoms with Crippen molar-refractivity contribution in [1.82, 2.24) is 15.0 Å². The lowest BCUT2D eigenvalue weighted by molar-refractivity contribution is 0.191. The monoisotopic (exact) mass is 384 g/mol. The molecule has 0 spiro atoms. The van der Waals surface area contributed by atoms with E-state index in [0.29, 0.717) is 11.7 Å². The Bertz CT molecular complexity index is 1060. The van der Waals surface area contributed by atoms with Crippen molar-refractivity contribution in [1.29, 1.82) is 0 Å². The van der Waals surface area contributed by atoms with Crippen molar-refractivity contribution in [3.05, 3.63) is 97.0 Å². The number of nitrogens with one attached hydrogen (secondary N) is 1. The molecule has 0 aliphatic carbocycles. The van der Waals surface area contributed by atoms with Gasteiger partial charge < -0.3 is 15.2 Å². The molecule has 0 saturated heterocycles. The predicted molar refractivity (Wildman–Crippen MR) is 112 cm³/mol. The first-order valence-corrected chi connectivity index (χ1v) is 9.26. The Balaban J connectivity index is 1.41. The van der Waals surface area contributed by atoms with E-state index < -0.39 is 6.10 Å². The van der Waals surface area contributed by atoms with Gasteiger partial charge in [-0.3, -0.25) is 4.98 Å². The standard InChI is InChI=1S/C23H20N4O2/c28-22(17-6-4-10-20(14-17)29-19-8-2-1-3-9-19)16-26-23-25-13-11-21(27-23)18-7-5-12-24-15-18/h1-15,22,28H,16H2,(H,25,26,27)/t22-/m1/s1. The second kappa shape index (κ2) is 8.95. The van der Waals surface area contributed by atoms with E-state index >= 15 is 0 Å². The fourth-order valence-electron chi connectivity index (χ4n) is 2.83. The lowest BCUT2D eigenvalue weighted by Gasteiger charge is -2.14. The van der Waals surface area contributed by atoms with Crippen LogP contribution >= 0.6 is 0 Å². The van der Waals surface area contributed by atoms with Crippen molar-refractivity contribution in [3.8, 4) is 22.8 Å². The van der Waals surface area contributed by atoms with Gasteiger partial charge in [0.15, 0.2) is 0 Å². The average Bonchev–Trinajstić information content (AvgIpc) is 2.79. The van der Waals surface area contributed by atoms with E-state index in [1.54, 1.807) is 18.6 Å². The number of aliphatic hydroxyl groups excluding tert-OH is 1. The summed E-state index contributed by atoms with van der Waals surface area (Å²) in [5.41, 5.74) is 2.42. The van der Waals surface area contributed by atoms with Gasteiger partial charge in [-0.25, -0.2) is 9.97 Å². The minimum Gasteiger partial charge on any atom is -0.457 e. The Labute approximate surface area is 168 Å². The Hall–Kier alpha value is -3.77. The zero-order chi connectivity index (χ0) is 19.9. The van der Waals surface area contributed by atoms with Crippen LogP contribution in [0, 0.1) is 0 Å². The zero-order valence-electron chi connectivity index (χ0n) is 15.6. The van der Waals surface area contributed by atoms with Crippen molar-refractivity contribution < 1.29 is 9.84 Å². The van der Waals surface area contributed by atoms with Gasteiger partial charge in [0.2, 0.25) is 5.95 Å². The maximum atomic E-state index is 10.6. The summed E-state index contributed by atoms with van der Waals surface area (Å²) < 4.78 is 5.83. The van der Waals surface area contributed by atoms with E-state index in [1.165, 1.54) is 0 Å². The van der Waals surface area contributed by atoms with E-state index in [2.05, 4.69) is 20.3 Å². The van der Waals surface area contributed by atoms with Gasteiger partial charge in [-0.15, -0.1) is 0 Å². The summed E-state index contributed by atoms with van der Waals surface area (Å²) in [6.45, 7) is 0.269. The van der Waals surface area contributed by atoms with Crippen LogP contribution in [0.15, 0.2) is 91.4 Å². The molecule has 0 aliphatic rings. The summed E-state index contributed by atoms with van der Waals surface area (Å²) in [6, 6.07) is 22.6. The molecule has 29 heavy (non-hydrogen) atoms. The molecule has 6 nitrogen and oxygen atoms in total. The van der Waals surface area contributed by atoms with Crippen molar-refractivity contribution in [2.24, 2.45) is 0 Å². The predicted octanol–water partition coefficient (Wildman–Crippen LogP) is 4.48. The zero-order valence-corrected chi connectivity index (χ0v) is 15.6. The van der Waals surface area contributed by atoms with Crippen molar-refractivity contribution in [2.75, 3.05) is 11.9 Å². The molecule has 0 amide bonds. The average molecular weight is 384 g/mol. The third-order valence-corrected chi connectivity index (χ3v) is 4.29. The van der Waals surface area contributed by atoms with Gasteiger partial charge in [0.05, 0.1) is 11.8 Å². The van der Waals surface area contributed by atoms with Gasteiger partial charge >= 0.3 is 0 Å². The van der Waals surface area contributed by atoms with Gasteiger partial charge in [-0.2, -0.15) is 0 Å². The minimum absolute atomic E-state index is 0.269. The molecule has 4 rings (SSSR count). The smallest absolute Gasteiger partial charge is 0.223 e. The number of pyridine rings is 1. The maximum Gasteiger partial charge on any atom is 0.223 e. The van der Waals surface area contributed by atoms with Crippen LogP contribution in [0.3, 0.4) is 0 Å². The summed E-state index contributed by atoms with van der Waals surface area (Å²) in [4.78, 5) is 12.8. The van der Waals surface area contributed by atoms with Crippen LogP contribution in [0.25, 0.3) is 11.3 Å². The number of rotatable bonds is 7. The second-order valence-corrected chi connectivity index (χ2v) is 6.39. The summed E-state index contributed by atoms with van der Waals surface area (Å²) in [6.07, 6.45) is 4.41. The number of aliphatic hydroxyl groups is 1. The van der Waals surface area contributed by atoms with Gasteiger partial charge in [0, 0.05) is 30.7 Å². The minimum atomic E-state index is -0.736. The highest BCUT2D eigenvalue weighted by molar-refractivity contribution is 5.58. The van der Waals surface area contributed by atoms with Crippen LogP contribution in [-0.2, 0) is 0 Å². The highest BCUT2D eigenvalue weighted by atomic mass is 16.5. The number of aromatic nitrogens is 3. The van der Waals surface area contributed by atoms with Crippen LogP contribution in [0.1, 0.15) is 11.7 Å². The largest absolute Gasteiger partial charge is 0.457 e. The molecule has 4 aromatic rings. The first-order valence-electron chi connectivity index (χ1n) is 9.26. The molecule has 0 unspecified atom stereocenters.